The number of aromatic nitrogens is 1. The van der Waals surface area contributed by atoms with Crippen molar-refractivity contribution in [3.05, 3.63) is 54.1 Å². The minimum Gasteiger partial charge on any atom is -0.353 e. The van der Waals surface area contributed by atoms with E-state index in [1.54, 1.807) is 0 Å². The van der Waals surface area contributed by atoms with Crippen molar-refractivity contribution in [2.45, 2.75) is 54.6 Å². The average Bonchev–Trinajstić information content (AvgIpc) is 2.87. The predicted octanol–water partition coefficient (Wildman–Crippen LogP) is 4.73. The van der Waals surface area contributed by atoms with Crippen LogP contribution in [0, 0.1) is 5.82 Å². The van der Waals surface area contributed by atoms with E-state index in [1.807, 2.05) is 0 Å². The highest BCUT2D eigenvalue weighted by atomic mass is 32.5. The molecule has 8 nitrogen and oxygen atoms in total. The molecule has 1 saturated heterocycles. The molecule has 1 saturated carbocycles. The number of carbonyl (C=O) groups excluding carboxylic acids is 3. The maximum atomic E-state index is 14.2. The Morgan fingerprint density at radius 3 is 2.22 bits per heavy atom. The molecule has 1 aromatic carbocycles. The van der Waals surface area contributed by atoms with E-state index in [0.717, 1.165) is 18.5 Å². The van der Waals surface area contributed by atoms with Gasteiger partial charge in [-0.3, -0.25) is 29.6 Å². The molecule has 2 heterocycles. The van der Waals surface area contributed by atoms with Gasteiger partial charge in [-0.25, -0.2) is 13.2 Å². The van der Waals surface area contributed by atoms with Gasteiger partial charge >= 0.3 is 10.2 Å². The number of nitrogens with zero attached hydrogens (tertiary/aromatic N) is 2. The molecule has 17 heteroatoms. The number of rotatable bonds is 7. The Hall–Kier alpha value is -3.47. The Labute approximate surface area is 228 Å². The minimum atomic E-state index is -10.1. The lowest BCUT2D eigenvalue weighted by molar-refractivity contribution is -0.130. The van der Waals surface area contributed by atoms with Crippen molar-refractivity contribution in [1.82, 2.24) is 20.9 Å². The second kappa shape index (κ2) is 10.1. The number of alkyl halides is 2. The smallest absolute Gasteiger partial charge is 0.310 e. The number of anilines is 1. The molecule has 1 aliphatic carbocycles. The first-order valence-corrected chi connectivity index (χ1v) is 14.2. The van der Waals surface area contributed by atoms with Crippen molar-refractivity contribution in [3.8, 4) is 0 Å². The normalized spacial score (nSPS) is 22.0. The zero-order valence-electron chi connectivity index (χ0n) is 21.1. The topological polar surface area (TPSA) is 103 Å². The second-order valence-corrected chi connectivity index (χ2v) is 12.3. The fourth-order valence-corrected chi connectivity index (χ4v) is 5.29. The summed E-state index contributed by atoms with van der Waals surface area (Å²) in [7, 11) is -10.1. The van der Waals surface area contributed by atoms with Crippen LogP contribution in [-0.4, -0.2) is 53.8 Å². The van der Waals surface area contributed by atoms with E-state index in [2.05, 4.69) is 20.9 Å². The van der Waals surface area contributed by atoms with E-state index >= 15 is 0 Å². The Kier molecular flexibility index (Phi) is 7.52. The molecule has 1 aromatic heterocycles. The van der Waals surface area contributed by atoms with Crippen LogP contribution in [0.4, 0.5) is 38.3 Å². The Morgan fingerprint density at radius 1 is 1.05 bits per heavy atom. The molecule has 0 radical (unpaired) electrons. The molecule has 2 aromatic rings. The summed E-state index contributed by atoms with van der Waals surface area (Å²) in [6, 6.07) is -1.77. The van der Waals surface area contributed by atoms with E-state index in [0.29, 0.717) is 17.0 Å². The van der Waals surface area contributed by atoms with Gasteiger partial charge in [0.1, 0.15) is 22.8 Å². The van der Waals surface area contributed by atoms with E-state index in [4.69, 9.17) is 0 Å². The van der Waals surface area contributed by atoms with Gasteiger partial charge in [0.05, 0.1) is 12.7 Å². The van der Waals surface area contributed by atoms with Gasteiger partial charge in [-0.15, -0.1) is 0 Å². The summed E-state index contributed by atoms with van der Waals surface area (Å²) in [4.78, 5) is 41.1. The molecule has 2 atom stereocenters. The third-order valence-corrected chi connectivity index (χ3v) is 7.88. The highest BCUT2D eigenvalue weighted by Crippen LogP contribution is 3.02. The number of hydrogen-bond donors (Lipinski definition) is 3. The van der Waals surface area contributed by atoms with Gasteiger partial charge in [-0.05, 0) is 43.2 Å². The summed E-state index contributed by atoms with van der Waals surface area (Å²) in [5.41, 5.74) is -0.687. The third kappa shape index (κ3) is 7.44. The molecular weight excluding hydrogens is 590 g/mol. The Balaban J connectivity index is 1.78. The van der Waals surface area contributed by atoms with E-state index in [9.17, 15) is 47.0 Å². The first-order chi connectivity index (χ1) is 18.8. The van der Waals surface area contributed by atoms with Crippen LogP contribution < -0.4 is 20.9 Å². The lowest BCUT2D eigenvalue weighted by atomic mass is 9.91. The van der Waals surface area contributed by atoms with Crippen molar-refractivity contribution >= 4 is 33.6 Å². The number of nitrogens with one attached hydrogen (secondary N) is 3. The van der Waals surface area contributed by atoms with Crippen LogP contribution >= 0.6 is 10.2 Å². The number of piperazine rings is 1. The Morgan fingerprint density at radius 2 is 1.68 bits per heavy atom. The molecule has 2 unspecified atom stereocenters. The molecule has 2 fully saturated rings. The summed E-state index contributed by atoms with van der Waals surface area (Å²) < 4.78 is 108. The van der Waals surface area contributed by atoms with Crippen molar-refractivity contribution in [3.63, 3.8) is 0 Å². The maximum absolute atomic E-state index is 14.2. The van der Waals surface area contributed by atoms with Crippen LogP contribution in [0.3, 0.4) is 0 Å². The average molecular weight is 616 g/mol. The zero-order valence-corrected chi connectivity index (χ0v) is 21.9. The predicted molar refractivity (Wildman–Crippen MR) is 132 cm³/mol. The quantitative estimate of drug-likeness (QED) is 0.391. The first-order valence-electron chi connectivity index (χ1n) is 12.3. The molecule has 0 bridgehead atoms. The molecule has 4 rings (SSSR count). The van der Waals surface area contributed by atoms with Gasteiger partial charge in [-0.1, -0.05) is 19.4 Å². The molecule has 1 aliphatic heterocycles. The molecule has 226 valence electrons. The van der Waals surface area contributed by atoms with Crippen molar-refractivity contribution in [2.75, 3.05) is 18.0 Å². The highest BCUT2D eigenvalue weighted by Gasteiger charge is 2.65. The summed E-state index contributed by atoms with van der Waals surface area (Å²) in [6.07, 6.45) is 0.477. The SMILES string of the molecule is O=C1CNC(C(=O)N(c2ccc(S(F)(F)(F)(F)F)cc2)C(C(=O)NC2CCC(F)(F)CC2)c2cncc(F)c2)CN1. The van der Waals surface area contributed by atoms with E-state index in [1.165, 1.54) is 0 Å². The van der Waals surface area contributed by atoms with Gasteiger partial charge < -0.3 is 10.6 Å². The lowest BCUT2D eigenvalue weighted by Crippen LogP contribution is -2.60. The number of hydrogen-bond acceptors (Lipinski definition) is 5. The molecule has 0 spiro atoms. The number of amides is 3. The summed E-state index contributed by atoms with van der Waals surface area (Å²) in [5, 5.41) is 7.56. The molecule has 2 aliphatic rings. The molecular formula is C24H25F8N5O3S. The molecule has 3 amide bonds. The maximum Gasteiger partial charge on any atom is 0.310 e. The van der Waals surface area contributed by atoms with Gasteiger partial charge in [0.25, 0.3) is 0 Å². The summed E-state index contributed by atoms with van der Waals surface area (Å²) >= 11 is 0. The largest absolute Gasteiger partial charge is 0.353 e. The van der Waals surface area contributed by atoms with Crippen LogP contribution in [0.2, 0.25) is 0 Å². The first kappa shape index (κ1) is 30.5. The van der Waals surface area contributed by atoms with Crippen LogP contribution in [-0.2, 0) is 14.4 Å². The zero-order chi connectivity index (χ0) is 30.3. The van der Waals surface area contributed by atoms with E-state index in [-0.39, 0.29) is 43.6 Å². The van der Waals surface area contributed by atoms with Crippen LogP contribution in [0.1, 0.15) is 37.3 Å². The van der Waals surface area contributed by atoms with Crippen LogP contribution in [0.15, 0.2) is 47.6 Å². The van der Waals surface area contributed by atoms with Crippen LogP contribution in [0.25, 0.3) is 0 Å². The fraction of sp³-hybridized carbons (Fsp3) is 0.417. The van der Waals surface area contributed by atoms with Crippen molar-refractivity contribution < 1.29 is 47.0 Å². The van der Waals surface area contributed by atoms with Gasteiger partial charge in [0, 0.05) is 42.9 Å². The molecule has 41 heavy (non-hydrogen) atoms. The van der Waals surface area contributed by atoms with Gasteiger partial charge in [-0.2, -0.15) is 0 Å². The summed E-state index contributed by atoms with van der Waals surface area (Å²) in [6.45, 7) is -0.632. The summed E-state index contributed by atoms with van der Waals surface area (Å²) in [5.74, 6) is -6.33. The standard InChI is InChI=1S/C24H25F8N5O3S/c25-15-9-14(10-33-11-15)21(22(39)36-16-5-7-24(26,27)8-6-16)37(23(40)19-12-35-20(38)13-34-19)17-1-3-18(4-2-17)41(28,29,30,31)32/h1-4,9-11,16,19,21,34H,5-8,12-13H2,(H,35,38)(H,36,39). The van der Waals surface area contributed by atoms with E-state index < -0.39 is 81.2 Å². The fourth-order valence-electron chi connectivity index (χ4n) is 4.64. The lowest BCUT2D eigenvalue weighted by Gasteiger charge is -2.41. The molecule has 3 N–H and O–H groups in total. The number of carbonyl (C=O) groups is 3. The highest BCUT2D eigenvalue weighted by molar-refractivity contribution is 8.45. The van der Waals surface area contributed by atoms with Crippen molar-refractivity contribution in [2.24, 2.45) is 0 Å². The van der Waals surface area contributed by atoms with Crippen molar-refractivity contribution in [1.29, 1.82) is 0 Å². The minimum absolute atomic E-state index is 0.0508. The van der Waals surface area contributed by atoms with Crippen LogP contribution in [0.5, 0.6) is 0 Å². The monoisotopic (exact) mass is 615 g/mol. The number of benzene rings is 1. The van der Waals surface area contributed by atoms with Gasteiger partial charge in [0.2, 0.25) is 23.6 Å². The third-order valence-electron chi connectivity index (χ3n) is 6.72. The Bertz CT molecular complexity index is 1320. The number of halogens is 8. The number of pyridine rings is 1. The second-order valence-electron chi connectivity index (χ2n) is 9.89. The van der Waals surface area contributed by atoms with Gasteiger partial charge in [0.15, 0.2) is 0 Å².